The molecule has 1 N–H and O–H groups in total. The summed E-state index contributed by atoms with van der Waals surface area (Å²) < 4.78 is 10.6. The van der Waals surface area contributed by atoms with E-state index in [0.29, 0.717) is 35.8 Å². The molecule has 1 amide bonds. The number of hydrogen-bond acceptors (Lipinski definition) is 7. The van der Waals surface area contributed by atoms with E-state index >= 15 is 0 Å². The quantitative estimate of drug-likeness (QED) is 0.559. The Morgan fingerprint density at radius 1 is 1.25 bits per heavy atom. The molecule has 1 aliphatic heterocycles. The highest BCUT2D eigenvalue weighted by Gasteiger charge is 2.25. The fraction of sp³-hybridized carbons (Fsp3) is 0.458. The summed E-state index contributed by atoms with van der Waals surface area (Å²) in [7, 11) is 3.18. The Kier molecular flexibility index (Phi) is 7.03. The fourth-order valence-corrected chi connectivity index (χ4v) is 5.46. The molecular weight excluding hydrogens is 424 g/mol. The summed E-state index contributed by atoms with van der Waals surface area (Å²) in [4.78, 5) is 26.0. The van der Waals surface area contributed by atoms with Crippen LogP contribution in [0.4, 0.5) is 0 Å². The van der Waals surface area contributed by atoms with E-state index in [1.165, 1.54) is 22.5 Å². The van der Waals surface area contributed by atoms with Crippen LogP contribution in [0.5, 0.6) is 5.88 Å². The van der Waals surface area contributed by atoms with E-state index in [9.17, 15) is 4.79 Å². The molecule has 0 bridgehead atoms. The number of methoxy groups -OCH3 is 2. The van der Waals surface area contributed by atoms with Crippen LogP contribution in [0, 0.1) is 6.92 Å². The van der Waals surface area contributed by atoms with Gasteiger partial charge in [-0.3, -0.25) is 9.69 Å². The minimum absolute atomic E-state index is 0.0725. The normalized spacial score (nSPS) is 14.9. The van der Waals surface area contributed by atoms with Crippen molar-refractivity contribution in [3.05, 3.63) is 51.7 Å². The third-order valence-electron chi connectivity index (χ3n) is 6.12. The first kappa shape index (κ1) is 22.6. The summed E-state index contributed by atoms with van der Waals surface area (Å²) in [5.74, 6) is 0.950. The second kappa shape index (κ2) is 9.94. The molecule has 1 unspecified atom stereocenters. The summed E-state index contributed by atoms with van der Waals surface area (Å²) in [5.41, 5.74) is 3.68. The molecule has 1 aliphatic rings. The van der Waals surface area contributed by atoms with Gasteiger partial charge in [0.1, 0.15) is 11.4 Å². The molecule has 1 atom stereocenters. The van der Waals surface area contributed by atoms with Crippen molar-refractivity contribution in [1.82, 2.24) is 20.2 Å². The number of thiophene rings is 1. The number of amides is 1. The number of fused-ring (bicyclic) bond motifs is 2. The highest BCUT2D eigenvalue weighted by molar-refractivity contribution is 7.20. The topological polar surface area (TPSA) is 76.6 Å². The number of nitrogens with zero attached hydrogens (tertiary/aromatic N) is 3. The molecule has 8 heteroatoms. The minimum atomic E-state index is -0.0725. The maximum Gasteiger partial charge on any atom is 0.261 e. The third-order valence-corrected chi connectivity index (χ3v) is 7.31. The van der Waals surface area contributed by atoms with E-state index in [2.05, 4.69) is 51.4 Å². The first-order chi connectivity index (χ1) is 15.5. The van der Waals surface area contributed by atoms with Crippen LogP contribution in [0.15, 0.2) is 24.3 Å². The monoisotopic (exact) mass is 454 g/mol. The van der Waals surface area contributed by atoms with Crippen LogP contribution in [-0.2, 0) is 24.3 Å². The van der Waals surface area contributed by atoms with Crippen LogP contribution in [0.2, 0.25) is 0 Å². The number of carbonyl (C=O) groups is 1. The summed E-state index contributed by atoms with van der Waals surface area (Å²) in [6, 6.07) is 8.93. The molecule has 170 valence electrons. The highest BCUT2D eigenvalue weighted by atomic mass is 32.1. The van der Waals surface area contributed by atoms with Gasteiger partial charge in [0.05, 0.1) is 17.4 Å². The average Bonchev–Trinajstić information content (AvgIpc) is 3.15. The Bertz CT molecular complexity index is 1110. The van der Waals surface area contributed by atoms with Crippen molar-refractivity contribution in [2.24, 2.45) is 0 Å². The maximum absolute atomic E-state index is 13.1. The third kappa shape index (κ3) is 4.48. The first-order valence-electron chi connectivity index (χ1n) is 11.0. The lowest BCUT2D eigenvalue weighted by atomic mass is 9.98. The zero-order chi connectivity index (χ0) is 22.7. The van der Waals surface area contributed by atoms with Crippen LogP contribution in [0.1, 0.15) is 45.5 Å². The van der Waals surface area contributed by atoms with Gasteiger partial charge in [-0.1, -0.05) is 31.2 Å². The van der Waals surface area contributed by atoms with Crippen molar-refractivity contribution in [3.63, 3.8) is 0 Å². The Morgan fingerprint density at radius 2 is 2.03 bits per heavy atom. The minimum Gasteiger partial charge on any atom is -0.480 e. The zero-order valence-corrected chi connectivity index (χ0v) is 19.9. The molecular formula is C24H30N4O3S. The standard InChI is InChI=1S/C24H30N4O3S/c1-5-18(28-11-10-16-8-6-7-9-17(16)13-28)12-25-22(29)21-15(2)20-23(31-4)26-19(14-30-3)27-24(20)32-21/h6-9,18H,5,10-14H2,1-4H3,(H,25,29). The number of rotatable bonds is 8. The van der Waals surface area contributed by atoms with E-state index in [1.807, 2.05) is 6.92 Å². The number of benzene rings is 1. The number of carbonyl (C=O) groups excluding carboxylic acids is 1. The molecule has 0 radical (unpaired) electrons. The Balaban J connectivity index is 1.49. The molecule has 1 aromatic carbocycles. The van der Waals surface area contributed by atoms with Crippen molar-refractivity contribution in [1.29, 1.82) is 0 Å². The molecule has 0 fully saturated rings. The maximum atomic E-state index is 13.1. The molecule has 2 aromatic heterocycles. The fourth-order valence-electron chi connectivity index (χ4n) is 4.35. The van der Waals surface area contributed by atoms with Gasteiger partial charge in [-0.25, -0.2) is 4.98 Å². The first-order valence-corrected chi connectivity index (χ1v) is 11.8. The van der Waals surface area contributed by atoms with Crippen molar-refractivity contribution < 1.29 is 14.3 Å². The summed E-state index contributed by atoms with van der Waals surface area (Å²) >= 11 is 1.37. The number of aryl methyl sites for hydroxylation is 1. The Hall–Kier alpha value is -2.55. The molecule has 0 spiro atoms. The molecule has 0 saturated heterocycles. The highest BCUT2D eigenvalue weighted by Crippen LogP contribution is 2.35. The zero-order valence-electron chi connectivity index (χ0n) is 19.1. The van der Waals surface area contributed by atoms with Gasteiger partial charge in [0, 0.05) is 32.8 Å². The van der Waals surface area contributed by atoms with Crippen LogP contribution in [-0.4, -0.2) is 54.1 Å². The summed E-state index contributed by atoms with van der Waals surface area (Å²) in [6.07, 6.45) is 2.03. The van der Waals surface area contributed by atoms with Crippen LogP contribution in [0.25, 0.3) is 10.2 Å². The predicted octanol–water partition coefficient (Wildman–Crippen LogP) is 3.72. The van der Waals surface area contributed by atoms with Crippen molar-refractivity contribution in [3.8, 4) is 5.88 Å². The van der Waals surface area contributed by atoms with Gasteiger partial charge in [-0.2, -0.15) is 4.98 Å². The largest absolute Gasteiger partial charge is 0.480 e. The van der Waals surface area contributed by atoms with Crippen LogP contribution < -0.4 is 10.1 Å². The van der Waals surface area contributed by atoms with Crippen molar-refractivity contribution in [2.45, 2.75) is 45.9 Å². The average molecular weight is 455 g/mol. The number of ether oxygens (including phenoxy) is 2. The van der Waals surface area contributed by atoms with E-state index in [1.54, 1.807) is 14.2 Å². The molecule has 0 saturated carbocycles. The molecule has 4 rings (SSSR count). The van der Waals surface area contributed by atoms with E-state index < -0.39 is 0 Å². The number of hydrogen-bond donors (Lipinski definition) is 1. The molecule has 3 heterocycles. The van der Waals surface area contributed by atoms with Crippen LogP contribution >= 0.6 is 11.3 Å². The lowest BCUT2D eigenvalue weighted by molar-refractivity contribution is 0.0930. The van der Waals surface area contributed by atoms with E-state index in [0.717, 1.165) is 41.7 Å². The van der Waals surface area contributed by atoms with Gasteiger partial charge in [-0.05, 0) is 36.5 Å². The second-order valence-electron chi connectivity index (χ2n) is 8.08. The summed E-state index contributed by atoms with van der Waals surface area (Å²) in [6.45, 7) is 6.96. The molecule has 7 nitrogen and oxygen atoms in total. The lowest BCUT2D eigenvalue weighted by Gasteiger charge is -2.35. The molecule has 32 heavy (non-hydrogen) atoms. The van der Waals surface area contributed by atoms with E-state index in [-0.39, 0.29) is 5.91 Å². The molecule has 3 aromatic rings. The number of aromatic nitrogens is 2. The molecule has 0 aliphatic carbocycles. The Labute approximate surface area is 192 Å². The van der Waals surface area contributed by atoms with Gasteiger partial charge in [0.15, 0.2) is 5.82 Å². The number of nitrogens with one attached hydrogen (secondary N) is 1. The van der Waals surface area contributed by atoms with Crippen molar-refractivity contribution in [2.75, 3.05) is 27.3 Å². The van der Waals surface area contributed by atoms with Gasteiger partial charge < -0.3 is 14.8 Å². The van der Waals surface area contributed by atoms with Crippen LogP contribution in [0.3, 0.4) is 0 Å². The van der Waals surface area contributed by atoms with Gasteiger partial charge in [-0.15, -0.1) is 11.3 Å². The Morgan fingerprint density at radius 3 is 2.75 bits per heavy atom. The van der Waals surface area contributed by atoms with Gasteiger partial charge >= 0.3 is 0 Å². The SMILES string of the molecule is CCC(CNC(=O)c1sc2nc(COC)nc(OC)c2c1C)N1CCc2ccccc2C1. The van der Waals surface area contributed by atoms with Crippen molar-refractivity contribution >= 4 is 27.5 Å². The van der Waals surface area contributed by atoms with E-state index in [4.69, 9.17) is 9.47 Å². The summed E-state index contributed by atoms with van der Waals surface area (Å²) in [5, 5.41) is 3.96. The smallest absolute Gasteiger partial charge is 0.261 e. The van der Waals surface area contributed by atoms with Gasteiger partial charge in [0.25, 0.3) is 5.91 Å². The van der Waals surface area contributed by atoms with Gasteiger partial charge in [0.2, 0.25) is 5.88 Å². The lowest BCUT2D eigenvalue weighted by Crippen LogP contribution is -2.45. The predicted molar refractivity (Wildman–Crippen MR) is 126 cm³/mol. The second-order valence-corrected chi connectivity index (χ2v) is 9.08.